The number of hydrogen-bond acceptors (Lipinski definition) is 4. The third-order valence-electron chi connectivity index (χ3n) is 5.43. The van der Waals surface area contributed by atoms with Gasteiger partial charge in [0, 0.05) is 25.3 Å². The normalized spacial score (nSPS) is 16.3. The van der Waals surface area contributed by atoms with Gasteiger partial charge in [0.15, 0.2) is 0 Å². The van der Waals surface area contributed by atoms with Gasteiger partial charge in [0.2, 0.25) is 5.91 Å². The number of carbonyl (C=O) groups excluding carboxylic acids is 1. The lowest BCUT2D eigenvalue weighted by Crippen LogP contribution is -2.36. The fourth-order valence-corrected chi connectivity index (χ4v) is 3.80. The van der Waals surface area contributed by atoms with Crippen LogP contribution in [0.2, 0.25) is 0 Å². The zero-order valence-corrected chi connectivity index (χ0v) is 16.3. The van der Waals surface area contributed by atoms with Gasteiger partial charge in [-0.05, 0) is 55.2 Å². The van der Waals surface area contributed by atoms with Crippen LogP contribution in [0.3, 0.4) is 0 Å². The SMILES string of the molecule is Cc1cccc2c(=O)n(CC(=O)NC[C@H]3CCN(c4ccc(F)cc4)C3)cnc12. The Morgan fingerprint density at radius 3 is 2.83 bits per heavy atom. The number of hydrogen-bond donors (Lipinski definition) is 1. The lowest BCUT2D eigenvalue weighted by molar-refractivity contribution is -0.121. The molecular formula is C22H23FN4O2. The van der Waals surface area contributed by atoms with E-state index in [4.69, 9.17) is 0 Å². The lowest BCUT2D eigenvalue weighted by Gasteiger charge is -2.19. The van der Waals surface area contributed by atoms with Crippen molar-refractivity contribution in [1.29, 1.82) is 0 Å². The summed E-state index contributed by atoms with van der Waals surface area (Å²) in [4.78, 5) is 31.5. The minimum absolute atomic E-state index is 0.0515. The second kappa shape index (κ2) is 8.03. The Labute approximate surface area is 168 Å². The minimum Gasteiger partial charge on any atom is -0.371 e. The number of rotatable bonds is 5. The molecule has 0 radical (unpaired) electrons. The molecule has 1 N–H and O–H groups in total. The average Bonchev–Trinajstić information content (AvgIpc) is 3.19. The van der Waals surface area contributed by atoms with Crippen LogP contribution in [0.5, 0.6) is 0 Å². The van der Waals surface area contributed by atoms with E-state index in [1.54, 1.807) is 18.2 Å². The molecule has 1 amide bonds. The largest absolute Gasteiger partial charge is 0.371 e. The first kappa shape index (κ1) is 19.1. The monoisotopic (exact) mass is 394 g/mol. The molecule has 7 heteroatoms. The van der Waals surface area contributed by atoms with Crippen LogP contribution < -0.4 is 15.8 Å². The Bertz CT molecular complexity index is 1090. The zero-order valence-electron chi connectivity index (χ0n) is 16.3. The maximum atomic E-state index is 13.1. The van der Waals surface area contributed by atoms with E-state index in [0.29, 0.717) is 23.4 Å². The van der Waals surface area contributed by atoms with Gasteiger partial charge in [-0.1, -0.05) is 12.1 Å². The molecule has 29 heavy (non-hydrogen) atoms. The number of carbonyl (C=O) groups is 1. The number of para-hydroxylation sites is 1. The highest BCUT2D eigenvalue weighted by molar-refractivity contribution is 5.81. The van der Waals surface area contributed by atoms with Gasteiger partial charge in [-0.15, -0.1) is 0 Å². The number of aromatic nitrogens is 2. The minimum atomic E-state index is -0.245. The lowest BCUT2D eigenvalue weighted by atomic mass is 10.1. The quantitative estimate of drug-likeness (QED) is 0.722. The average molecular weight is 394 g/mol. The molecule has 4 rings (SSSR count). The number of halogens is 1. The van der Waals surface area contributed by atoms with Crippen LogP contribution in [0.25, 0.3) is 10.9 Å². The molecule has 2 heterocycles. The summed E-state index contributed by atoms with van der Waals surface area (Å²) in [6, 6.07) is 11.9. The Kier molecular flexibility index (Phi) is 5.29. The predicted molar refractivity (Wildman–Crippen MR) is 110 cm³/mol. The van der Waals surface area contributed by atoms with E-state index in [9.17, 15) is 14.0 Å². The van der Waals surface area contributed by atoms with Gasteiger partial charge < -0.3 is 10.2 Å². The third-order valence-corrected chi connectivity index (χ3v) is 5.43. The number of amides is 1. The first-order chi connectivity index (χ1) is 14.0. The molecule has 1 aliphatic rings. The highest BCUT2D eigenvalue weighted by Gasteiger charge is 2.23. The van der Waals surface area contributed by atoms with Crippen molar-refractivity contribution in [3.8, 4) is 0 Å². The molecule has 1 aliphatic heterocycles. The van der Waals surface area contributed by atoms with Crippen molar-refractivity contribution in [2.24, 2.45) is 5.92 Å². The molecule has 1 saturated heterocycles. The fraction of sp³-hybridized carbons (Fsp3) is 0.318. The highest BCUT2D eigenvalue weighted by Crippen LogP contribution is 2.23. The van der Waals surface area contributed by atoms with Gasteiger partial charge in [-0.3, -0.25) is 14.2 Å². The highest BCUT2D eigenvalue weighted by atomic mass is 19.1. The molecule has 0 saturated carbocycles. The van der Waals surface area contributed by atoms with Crippen LogP contribution in [0, 0.1) is 18.7 Å². The number of anilines is 1. The Hall–Kier alpha value is -3.22. The number of nitrogens with one attached hydrogen (secondary N) is 1. The standard InChI is InChI=1S/C22H23FN4O2/c1-15-3-2-4-19-21(15)25-14-27(22(19)29)13-20(28)24-11-16-9-10-26(12-16)18-7-5-17(23)6-8-18/h2-8,14,16H,9-13H2,1H3,(H,24,28)/t16-/m1/s1. The van der Waals surface area contributed by atoms with Crippen LogP contribution in [0.1, 0.15) is 12.0 Å². The van der Waals surface area contributed by atoms with Crippen molar-refractivity contribution >= 4 is 22.5 Å². The maximum absolute atomic E-state index is 13.1. The molecule has 3 aromatic rings. The van der Waals surface area contributed by atoms with E-state index in [0.717, 1.165) is 30.8 Å². The smallest absolute Gasteiger partial charge is 0.261 e. The second-order valence-corrected chi connectivity index (χ2v) is 7.53. The first-order valence-corrected chi connectivity index (χ1v) is 9.73. The first-order valence-electron chi connectivity index (χ1n) is 9.73. The van der Waals surface area contributed by atoms with E-state index in [1.807, 2.05) is 19.1 Å². The van der Waals surface area contributed by atoms with Crippen molar-refractivity contribution in [3.05, 3.63) is 70.5 Å². The zero-order chi connectivity index (χ0) is 20.4. The number of benzene rings is 2. The summed E-state index contributed by atoms with van der Waals surface area (Å²) in [5.41, 5.74) is 2.38. The maximum Gasteiger partial charge on any atom is 0.261 e. The van der Waals surface area contributed by atoms with Crippen LogP contribution in [0.15, 0.2) is 53.6 Å². The summed E-state index contributed by atoms with van der Waals surface area (Å²) in [7, 11) is 0. The molecule has 0 aliphatic carbocycles. The van der Waals surface area contributed by atoms with Gasteiger partial charge >= 0.3 is 0 Å². The molecule has 6 nitrogen and oxygen atoms in total. The van der Waals surface area contributed by atoms with Crippen LogP contribution in [-0.2, 0) is 11.3 Å². The Morgan fingerprint density at radius 2 is 2.03 bits per heavy atom. The Balaban J connectivity index is 1.34. The number of fused-ring (bicyclic) bond motifs is 1. The van der Waals surface area contributed by atoms with Crippen LogP contribution in [-0.4, -0.2) is 35.1 Å². The van der Waals surface area contributed by atoms with E-state index in [-0.39, 0.29) is 23.8 Å². The summed E-state index contributed by atoms with van der Waals surface area (Å²) >= 11 is 0. The van der Waals surface area contributed by atoms with Gasteiger partial charge in [-0.2, -0.15) is 0 Å². The molecule has 0 bridgehead atoms. The van der Waals surface area contributed by atoms with Gasteiger partial charge in [0.1, 0.15) is 12.4 Å². The molecule has 2 aromatic carbocycles. The van der Waals surface area contributed by atoms with Crippen LogP contribution >= 0.6 is 0 Å². The summed E-state index contributed by atoms with van der Waals surface area (Å²) in [5, 5.41) is 3.45. The van der Waals surface area contributed by atoms with E-state index in [1.165, 1.54) is 23.0 Å². The fourth-order valence-electron chi connectivity index (χ4n) is 3.80. The molecule has 1 atom stereocenters. The van der Waals surface area contributed by atoms with Crippen molar-refractivity contribution in [1.82, 2.24) is 14.9 Å². The molecule has 150 valence electrons. The number of aryl methyl sites for hydroxylation is 1. The van der Waals surface area contributed by atoms with Gasteiger partial charge in [0.25, 0.3) is 5.56 Å². The predicted octanol–water partition coefficient (Wildman–Crippen LogP) is 2.49. The topological polar surface area (TPSA) is 67.2 Å². The summed E-state index contributed by atoms with van der Waals surface area (Å²) in [6.07, 6.45) is 2.39. The van der Waals surface area contributed by atoms with Crippen molar-refractivity contribution in [2.45, 2.75) is 19.9 Å². The Morgan fingerprint density at radius 1 is 1.24 bits per heavy atom. The van der Waals surface area contributed by atoms with Crippen molar-refractivity contribution < 1.29 is 9.18 Å². The van der Waals surface area contributed by atoms with Gasteiger partial charge in [-0.25, -0.2) is 9.37 Å². The molecule has 1 aromatic heterocycles. The van der Waals surface area contributed by atoms with E-state index < -0.39 is 0 Å². The summed E-state index contributed by atoms with van der Waals surface area (Å²) in [5.74, 6) is -0.135. The molecule has 1 fully saturated rings. The number of nitrogens with zero attached hydrogens (tertiary/aromatic N) is 3. The third kappa shape index (κ3) is 4.13. The van der Waals surface area contributed by atoms with Gasteiger partial charge in [0.05, 0.1) is 17.2 Å². The summed E-state index contributed by atoms with van der Waals surface area (Å²) in [6.45, 7) is 4.08. The summed E-state index contributed by atoms with van der Waals surface area (Å²) < 4.78 is 14.4. The van der Waals surface area contributed by atoms with Crippen molar-refractivity contribution in [3.63, 3.8) is 0 Å². The van der Waals surface area contributed by atoms with E-state index in [2.05, 4.69) is 15.2 Å². The van der Waals surface area contributed by atoms with Crippen molar-refractivity contribution in [2.75, 3.05) is 24.5 Å². The van der Waals surface area contributed by atoms with E-state index >= 15 is 0 Å². The second-order valence-electron chi connectivity index (χ2n) is 7.53. The molecular weight excluding hydrogens is 371 g/mol. The van der Waals surface area contributed by atoms with Crippen LogP contribution in [0.4, 0.5) is 10.1 Å². The molecule has 0 spiro atoms. The molecule has 0 unspecified atom stereocenters.